The van der Waals surface area contributed by atoms with Crippen LogP contribution < -0.4 is 0 Å². The second-order valence-electron chi connectivity index (χ2n) is 3.90. The van der Waals surface area contributed by atoms with Crippen LogP contribution in [0.15, 0.2) is 0 Å². The van der Waals surface area contributed by atoms with Crippen LogP contribution in [-0.4, -0.2) is 48.0 Å². The van der Waals surface area contributed by atoms with Crippen LogP contribution in [0.4, 0.5) is 26.3 Å². The first-order chi connectivity index (χ1) is 7.50. The van der Waals surface area contributed by atoms with E-state index in [4.69, 9.17) is 5.11 Å². The molecule has 0 aromatic rings. The fraction of sp³-hybridized carbons (Fsp3) is 0.875. The zero-order valence-electron chi connectivity index (χ0n) is 8.35. The van der Waals surface area contributed by atoms with Crippen LogP contribution in [0.2, 0.25) is 0 Å². The molecule has 9 heteroatoms. The second-order valence-corrected chi connectivity index (χ2v) is 3.90. The number of aliphatic carboxylic acids is 1. The fourth-order valence-electron chi connectivity index (χ4n) is 1.85. The summed E-state index contributed by atoms with van der Waals surface area (Å²) in [6.45, 7) is -3.19. The van der Waals surface area contributed by atoms with E-state index < -0.39 is 49.8 Å². The van der Waals surface area contributed by atoms with Crippen LogP contribution in [0, 0.1) is 11.8 Å². The standard InChI is InChI=1S/C8H9F6NO2/c9-7(10,11)3-15-1-4(6(16)17)5(2-15)8(12,13)14/h4-5H,1-3H2,(H,16,17)/t4-,5-/m1/s1. The molecule has 0 saturated carbocycles. The minimum atomic E-state index is -4.80. The van der Waals surface area contributed by atoms with Gasteiger partial charge in [-0.05, 0) is 0 Å². The van der Waals surface area contributed by atoms with Crippen molar-refractivity contribution in [2.75, 3.05) is 19.6 Å². The fourth-order valence-corrected chi connectivity index (χ4v) is 1.85. The van der Waals surface area contributed by atoms with Crippen LogP contribution in [-0.2, 0) is 4.79 Å². The molecule has 0 amide bonds. The maximum Gasteiger partial charge on any atom is 0.401 e. The molecule has 1 saturated heterocycles. The minimum Gasteiger partial charge on any atom is -0.481 e. The van der Waals surface area contributed by atoms with Gasteiger partial charge in [-0.25, -0.2) is 0 Å². The summed E-state index contributed by atoms with van der Waals surface area (Å²) in [4.78, 5) is 11.0. The van der Waals surface area contributed by atoms with Gasteiger partial charge in [0.1, 0.15) is 0 Å². The Balaban J connectivity index is 2.76. The predicted molar refractivity (Wildman–Crippen MR) is 43.2 cm³/mol. The average Bonchev–Trinajstić information content (AvgIpc) is 2.43. The molecule has 0 aromatic heterocycles. The molecule has 0 spiro atoms. The Morgan fingerprint density at radius 1 is 1.18 bits per heavy atom. The molecule has 1 heterocycles. The Morgan fingerprint density at radius 2 is 1.71 bits per heavy atom. The average molecular weight is 265 g/mol. The lowest BCUT2D eigenvalue weighted by Gasteiger charge is -2.19. The van der Waals surface area contributed by atoms with Gasteiger partial charge >= 0.3 is 18.3 Å². The number of likely N-dealkylation sites (tertiary alicyclic amines) is 1. The van der Waals surface area contributed by atoms with Gasteiger partial charge < -0.3 is 5.11 Å². The summed E-state index contributed by atoms with van der Waals surface area (Å²) in [5.74, 6) is -5.81. The van der Waals surface area contributed by atoms with Gasteiger partial charge in [-0.1, -0.05) is 0 Å². The van der Waals surface area contributed by atoms with Crippen LogP contribution >= 0.6 is 0 Å². The van der Waals surface area contributed by atoms with Crippen LogP contribution in [0.25, 0.3) is 0 Å². The molecule has 1 aliphatic heterocycles. The number of hydrogen-bond donors (Lipinski definition) is 1. The lowest BCUT2D eigenvalue weighted by atomic mass is 9.96. The molecule has 1 N–H and O–H groups in total. The zero-order chi connectivity index (χ0) is 13.4. The molecule has 1 aliphatic rings. The molecule has 1 fully saturated rings. The molecule has 0 radical (unpaired) electrons. The first-order valence-corrected chi connectivity index (χ1v) is 4.59. The lowest BCUT2D eigenvalue weighted by Crippen LogP contribution is -2.34. The highest BCUT2D eigenvalue weighted by Crippen LogP contribution is 2.38. The molecule has 3 nitrogen and oxygen atoms in total. The number of halogens is 6. The number of rotatable bonds is 2. The molecular weight excluding hydrogens is 256 g/mol. The van der Waals surface area contributed by atoms with Gasteiger partial charge in [-0.15, -0.1) is 0 Å². The molecule has 2 atom stereocenters. The van der Waals surface area contributed by atoms with Crippen molar-refractivity contribution >= 4 is 5.97 Å². The Hall–Kier alpha value is -0.990. The highest BCUT2D eigenvalue weighted by Gasteiger charge is 2.53. The van der Waals surface area contributed by atoms with Crippen molar-refractivity contribution in [1.82, 2.24) is 4.90 Å². The first kappa shape index (κ1) is 14.1. The quantitative estimate of drug-likeness (QED) is 0.773. The van der Waals surface area contributed by atoms with Crippen molar-refractivity contribution in [2.45, 2.75) is 12.4 Å². The summed E-state index contributed by atoms with van der Waals surface area (Å²) in [6.07, 6.45) is -9.44. The minimum absolute atomic E-state index is 0.469. The maximum absolute atomic E-state index is 12.4. The Labute approximate surface area is 92.0 Å². The monoisotopic (exact) mass is 265 g/mol. The van der Waals surface area contributed by atoms with E-state index in [9.17, 15) is 31.1 Å². The van der Waals surface area contributed by atoms with Crippen molar-refractivity contribution in [3.8, 4) is 0 Å². The van der Waals surface area contributed by atoms with Gasteiger partial charge in [0.25, 0.3) is 0 Å². The van der Waals surface area contributed by atoms with Crippen molar-refractivity contribution in [3.63, 3.8) is 0 Å². The van der Waals surface area contributed by atoms with Gasteiger partial charge in [0.15, 0.2) is 0 Å². The SMILES string of the molecule is O=C(O)[C@@H]1CN(CC(F)(F)F)C[C@H]1C(F)(F)F. The molecule has 0 unspecified atom stereocenters. The summed E-state index contributed by atoms with van der Waals surface area (Å²) in [7, 11) is 0. The van der Waals surface area contributed by atoms with Crippen LogP contribution in [0.5, 0.6) is 0 Å². The third-order valence-corrected chi connectivity index (χ3v) is 2.54. The third-order valence-electron chi connectivity index (χ3n) is 2.54. The van der Waals surface area contributed by atoms with E-state index in [-0.39, 0.29) is 0 Å². The highest BCUT2D eigenvalue weighted by atomic mass is 19.4. The van der Waals surface area contributed by atoms with Crippen LogP contribution in [0.1, 0.15) is 0 Å². The Bertz CT molecular complexity index is 299. The zero-order valence-corrected chi connectivity index (χ0v) is 8.35. The van der Waals surface area contributed by atoms with E-state index in [0.29, 0.717) is 4.90 Å². The van der Waals surface area contributed by atoms with E-state index in [2.05, 4.69) is 0 Å². The summed E-state index contributed by atoms with van der Waals surface area (Å²) in [6, 6.07) is 0. The smallest absolute Gasteiger partial charge is 0.401 e. The first-order valence-electron chi connectivity index (χ1n) is 4.59. The van der Waals surface area contributed by atoms with Crippen molar-refractivity contribution in [3.05, 3.63) is 0 Å². The van der Waals surface area contributed by atoms with Gasteiger partial charge in [-0.2, -0.15) is 26.3 Å². The van der Waals surface area contributed by atoms with Gasteiger partial charge in [-0.3, -0.25) is 9.69 Å². The molecule has 17 heavy (non-hydrogen) atoms. The van der Waals surface area contributed by atoms with E-state index >= 15 is 0 Å². The van der Waals surface area contributed by atoms with Gasteiger partial charge in [0.05, 0.1) is 18.4 Å². The molecule has 100 valence electrons. The number of nitrogens with zero attached hydrogens (tertiary/aromatic N) is 1. The molecule has 0 aromatic carbocycles. The molecular formula is C8H9F6NO2. The van der Waals surface area contributed by atoms with Crippen LogP contribution in [0.3, 0.4) is 0 Å². The normalized spacial score (nSPS) is 27.4. The largest absolute Gasteiger partial charge is 0.481 e. The maximum atomic E-state index is 12.4. The second kappa shape index (κ2) is 4.35. The number of carbonyl (C=O) groups is 1. The number of carboxylic acid groups (broad SMARTS) is 1. The Morgan fingerprint density at radius 3 is 2.00 bits per heavy atom. The summed E-state index contributed by atoms with van der Waals surface area (Å²) >= 11 is 0. The summed E-state index contributed by atoms with van der Waals surface area (Å²) < 4.78 is 73.2. The predicted octanol–water partition coefficient (Wildman–Crippen LogP) is 1.74. The van der Waals surface area contributed by atoms with E-state index in [1.54, 1.807) is 0 Å². The van der Waals surface area contributed by atoms with Gasteiger partial charge in [0.2, 0.25) is 0 Å². The van der Waals surface area contributed by atoms with E-state index in [0.717, 1.165) is 0 Å². The van der Waals surface area contributed by atoms with E-state index in [1.165, 1.54) is 0 Å². The Kier molecular flexibility index (Phi) is 3.60. The van der Waals surface area contributed by atoms with Crippen molar-refractivity contribution in [1.29, 1.82) is 0 Å². The highest BCUT2D eigenvalue weighted by molar-refractivity contribution is 5.71. The number of hydrogen-bond acceptors (Lipinski definition) is 2. The molecule has 0 aliphatic carbocycles. The van der Waals surface area contributed by atoms with Crippen molar-refractivity contribution in [2.24, 2.45) is 11.8 Å². The molecule has 1 rings (SSSR count). The summed E-state index contributed by atoms with van der Waals surface area (Å²) in [5.41, 5.74) is 0. The topological polar surface area (TPSA) is 40.5 Å². The molecule has 0 bridgehead atoms. The number of alkyl halides is 6. The van der Waals surface area contributed by atoms with Gasteiger partial charge in [0, 0.05) is 13.1 Å². The third kappa shape index (κ3) is 3.76. The summed E-state index contributed by atoms with van der Waals surface area (Å²) in [5, 5.41) is 8.56. The number of carboxylic acids is 1. The van der Waals surface area contributed by atoms with Crippen molar-refractivity contribution < 1.29 is 36.2 Å². The van der Waals surface area contributed by atoms with E-state index in [1.807, 2.05) is 0 Å². The lowest BCUT2D eigenvalue weighted by molar-refractivity contribution is -0.189.